The molecule has 3 aromatic carbocycles. The molecule has 9 rings (SSSR count). The molecule has 490 valence electrons. The molecule has 0 aliphatic heterocycles. The molecule has 0 aliphatic carbocycles. The van der Waals surface area contributed by atoms with Crippen molar-refractivity contribution in [1.29, 1.82) is 0 Å². The standard InChI is InChI=1S/C26H39N3O2Si.C24H35N3O2Si.C20H25N3O2.C2H5Br.Na.H/c1-10-29-16-21-22(14-18(2)3)27-28(7)25(30)23(21)24(29)20-13-11-12-19(15-20)17-31-32(8,9)26(4,5)6;1-16(2)12-20-19-14-25-22(21(19)23(28)27(6)26-20)18-11-9-10-17(13-18)15-29-30(7,8)24(3,4)5;1-5-23-11-16-17(9-13(2)3)21-22(4)20(25)18(16)19(23)15-8-6-7-14(10-15)12-24;1-2-3;;/h11-13,15-16,18H,10,14,17H2,1-9H3;9-11,13-14,16,25H,12,15H2,1-8H3;6-8,10-11,13,24H,5,9,12H2,1-4H3;2H2,1H3;;/q;;;;+1;-1. The molecule has 9 aromatic rings. The fraction of sp³-hybridized carbons (Fsp3) is 0.500. The molecule has 0 bridgehead atoms. The molecule has 0 spiro atoms. The van der Waals surface area contributed by atoms with Gasteiger partial charge in [0.05, 0.1) is 70.1 Å². The zero-order valence-electron chi connectivity index (χ0n) is 60.2. The number of H-pyrrole nitrogens is 1. The maximum Gasteiger partial charge on any atom is 1.00 e. The number of aliphatic hydroxyl groups is 1. The molecule has 19 heteroatoms. The molecule has 0 saturated carbocycles. The van der Waals surface area contributed by atoms with Crippen molar-refractivity contribution in [2.45, 2.75) is 192 Å². The van der Waals surface area contributed by atoms with Crippen molar-refractivity contribution < 1.29 is 44.9 Å². The van der Waals surface area contributed by atoms with Gasteiger partial charge in [-0.15, -0.1) is 0 Å². The van der Waals surface area contributed by atoms with Crippen molar-refractivity contribution >= 4 is 64.9 Å². The predicted octanol–water partition coefficient (Wildman–Crippen LogP) is 13.4. The normalized spacial score (nSPS) is 12.1. The monoisotopic (exact) mass is 1350 g/mol. The minimum Gasteiger partial charge on any atom is -1.00 e. The van der Waals surface area contributed by atoms with Crippen LogP contribution in [0, 0.1) is 17.8 Å². The molecule has 0 radical (unpaired) electrons. The van der Waals surface area contributed by atoms with Crippen molar-refractivity contribution in [3.05, 3.63) is 156 Å². The third kappa shape index (κ3) is 18.4. The number of benzene rings is 3. The third-order valence-corrected chi connectivity index (χ3v) is 26.4. The average molecular weight is 1350 g/mol. The van der Waals surface area contributed by atoms with E-state index in [0.29, 0.717) is 41.7 Å². The Hall–Kier alpha value is -5.29. The van der Waals surface area contributed by atoms with E-state index in [9.17, 15) is 19.5 Å². The number of aliphatic hydroxyl groups excluding tert-OH is 1. The first-order chi connectivity index (χ1) is 42.1. The first-order valence-electron chi connectivity index (χ1n) is 32.1. The van der Waals surface area contributed by atoms with E-state index < -0.39 is 16.6 Å². The minimum atomic E-state index is -1.84. The number of rotatable bonds is 18. The van der Waals surface area contributed by atoms with Gasteiger partial charge in [0.15, 0.2) is 16.6 Å². The Balaban J connectivity index is 0.000000287. The third-order valence-electron chi connectivity index (χ3n) is 17.4. The summed E-state index contributed by atoms with van der Waals surface area (Å²) in [5.74, 6) is 1.39. The Morgan fingerprint density at radius 1 is 0.549 bits per heavy atom. The molecule has 0 amide bonds. The van der Waals surface area contributed by atoms with Gasteiger partial charge in [-0.1, -0.05) is 161 Å². The van der Waals surface area contributed by atoms with E-state index in [2.05, 4.69) is 211 Å². The molecule has 91 heavy (non-hydrogen) atoms. The van der Waals surface area contributed by atoms with E-state index in [0.717, 1.165) is 127 Å². The van der Waals surface area contributed by atoms with Crippen LogP contribution in [0.5, 0.6) is 0 Å². The van der Waals surface area contributed by atoms with Gasteiger partial charge in [0.1, 0.15) is 0 Å². The van der Waals surface area contributed by atoms with E-state index in [1.54, 1.807) is 21.1 Å². The van der Waals surface area contributed by atoms with Crippen LogP contribution < -0.4 is 46.2 Å². The largest absolute Gasteiger partial charge is 1.00 e. The molecule has 6 heterocycles. The van der Waals surface area contributed by atoms with Crippen LogP contribution in [0.4, 0.5) is 0 Å². The molecule has 0 aliphatic rings. The van der Waals surface area contributed by atoms with Gasteiger partial charge in [0.2, 0.25) is 0 Å². The number of alkyl halides is 1. The quantitative estimate of drug-likeness (QED) is 0.0627. The number of hydrogen-bond donors (Lipinski definition) is 2. The summed E-state index contributed by atoms with van der Waals surface area (Å²) < 4.78 is 21.5. The van der Waals surface area contributed by atoms with Gasteiger partial charge in [-0.3, -0.25) is 14.4 Å². The van der Waals surface area contributed by atoms with Crippen LogP contribution in [0.2, 0.25) is 36.3 Å². The summed E-state index contributed by atoms with van der Waals surface area (Å²) in [7, 11) is 1.53. The molecular weight excluding hydrogens is 1250 g/mol. The number of nitrogens with zero attached hydrogens (tertiary/aromatic N) is 8. The summed E-state index contributed by atoms with van der Waals surface area (Å²) in [4.78, 5) is 42.4. The topological polar surface area (TPSA) is 169 Å². The van der Waals surface area contributed by atoms with Gasteiger partial charge in [0.25, 0.3) is 16.7 Å². The van der Waals surface area contributed by atoms with Gasteiger partial charge < -0.3 is 29.5 Å². The van der Waals surface area contributed by atoms with Gasteiger partial charge in [-0.25, -0.2) is 14.0 Å². The van der Waals surface area contributed by atoms with Crippen LogP contribution in [-0.2, 0) is 82.2 Å². The molecule has 0 unspecified atom stereocenters. The second-order valence-electron chi connectivity index (χ2n) is 28.1. The molecule has 0 fully saturated rings. The zero-order valence-corrected chi connectivity index (χ0v) is 64.8. The summed E-state index contributed by atoms with van der Waals surface area (Å²) >= 11 is 3.15. The average Bonchev–Trinajstić information content (AvgIpc) is 1.62. The van der Waals surface area contributed by atoms with Crippen LogP contribution in [0.3, 0.4) is 0 Å². The smallest absolute Gasteiger partial charge is 1.00 e. The van der Waals surface area contributed by atoms with Crippen molar-refractivity contribution in [3.63, 3.8) is 0 Å². The van der Waals surface area contributed by atoms with E-state index in [4.69, 9.17) is 8.85 Å². The molecular formula is C72H105BrN9NaO6Si2. The Labute approximate surface area is 575 Å². The first kappa shape index (κ1) is 76.4. The summed E-state index contributed by atoms with van der Waals surface area (Å²) in [6, 6.07) is 24.5. The molecule has 15 nitrogen and oxygen atoms in total. The van der Waals surface area contributed by atoms with Crippen LogP contribution in [0.25, 0.3) is 66.1 Å². The summed E-state index contributed by atoms with van der Waals surface area (Å²) in [5.41, 5.74) is 11.5. The first-order valence-corrected chi connectivity index (χ1v) is 39.0. The number of hydrogen-bond acceptors (Lipinski definition) is 9. The van der Waals surface area contributed by atoms with Crippen molar-refractivity contribution in [2.75, 3.05) is 5.33 Å². The number of aromatic amines is 1. The Morgan fingerprint density at radius 3 is 1.23 bits per heavy atom. The number of aromatic nitrogens is 9. The van der Waals surface area contributed by atoms with E-state index in [1.165, 1.54) is 14.0 Å². The maximum atomic E-state index is 13.2. The predicted molar refractivity (Wildman–Crippen MR) is 385 cm³/mol. The number of aryl methyl sites for hydroxylation is 5. The molecule has 6 aromatic heterocycles. The van der Waals surface area contributed by atoms with Gasteiger partial charge in [-0.05, 0) is 139 Å². The second-order valence-corrected chi connectivity index (χ2v) is 38.8. The van der Waals surface area contributed by atoms with Gasteiger partial charge in [0, 0.05) is 74.3 Å². The summed E-state index contributed by atoms with van der Waals surface area (Å²) in [5, 5.41) is 29.5. The second kappa shape index (κ2) is 32.2. The SMILES string of the molecule is CC(C)Cc1nn(C)c(=O)c2c(-c3cccc(CO[Si](C)(C)C(C)(C)C)c3)[nH]cc12.CCBr.CCn1cc2c(CC(C)C)nn(C)c(=O)c2c1-c1cccc(CO)c1.CCn1cc2c(CC(C)C)nn(C)c(=O)c2c1-c1cccc(CO[Si](C)(C)C(C)(C)C)c1.[H-].[Na+]. The number of halogens is 1. The molecule has 0 atom stereocenters. The Morgan fingerprint density at radius 2 is 0.879 bits per heavy atom. The van der Waals surface area contributed by atoms with Crippen LogP contribution >= 0.6 is 15.9 Å². The fourth-order valence-electron chi connectivity index (χ4n) is 10.5. The molecule has 2 N–H and O–H groups in total. The fourth-order valence-corrected chi connectivity index (χ4v) is 12.5. The number of fused-ring (bicyclic) bond motifs is 3. The van der Waals surface area contributed by atoms with Crippen LogP contribution in [0.15, 0.2) is 106 Å². The van der Waals surface area contributed by atoms with Crippen LogP contribution in [0.1, 0.15) is 139 Å². The Bertz CT molecular complexity index is 4110. The van der Waals surface area contributed by atoms with Gasteiger partial charge in [-0.2, -0.15) is 15.3 Å². The minimum absolute atomic E-state index is 0. The van der Waals surface area contributed by atoms with Crippen molar-refractivity contribution in [2.24, 2.45) is 38.9 Å². The van der Waals surface area contributed by atoms with Crippen LogP contribution in [-0.4, -0.2) is 70.5 Å². The van der Waals surface area contributed by atoms with Gasteiger partial charge >= 0.3 is 29.6 Å². The van der Waals surface area contributed by atoms with Crippen molar-refractivity contribution in [1.82, 2.24) is 43.5 Å². The Kier molecular flexibility index (Phi) is 27.1. The zero-order chi connectivity index (χ0) is 67.0. The maximum absolute atomic E-state index is 13.2. The summed E-state index contributed by atoms with van der Waals surface area (Å²) in [6.45, 7) is 44.6. The van der Waals surface area contributed by atoms with E-state index in [-0.39, 0.29) is 64.3 Å². The van der Waals surface area contributed by atoms with E-state index >= 15 is 0 Å². The van der Waals surface area contributed by atoms with Crippen molar-refractivity contribution in [3.8, 4) is 33.8 Å². The number of nitrogens with one attached hydrogen (secondary N) is 1. The molecule has 0 saturated heterocycles. The van der Waals surface area contributed by atoms with E-state index in [1.807, 2.05) is 55.7 Å². The summed E-state index contributed by atoms with van der Waals surface area (Å²) in [6.07, 6.45) is 8.59.